The summed E-state index contributed by atoms with van der Waals surface area (Å²) < 4.78 is 1.76. The molecular formula is C7H11N5. The predicted octanol–water partition coefficient (Wildman–Crippen LogP) is 0.834. The van der Waals surface area contributed by atoms with Crippen LogP contribution in [0.5, 0.6) is 0 Å². The molecule has 0 aliphatic rings. The van der Waals surface area contributed by atoms with E-state index in [1.165, 1.54) is 6.33 Å². The Balaban J connectivity index is 0.000000720. The van der Waals surface area contributed by atoms with E-state index in [0.717, 1.165) is 16.7 Å². The van der Waals surface area contributed by atoms with E-state index >= 15 is 0 Å². The van der Waals surface area contributed by atoms with E-state index in [4.69, 9.17) is 0 Å². The third kappa shape index (κ3) is 1.04. The predicted molar refractivity (Wildman–Crippen MR) is 46.1 cm³/mol. The summed E-state index contributed by atoms with van der Waals surface area (Å²) in [5.41, 5.74) is 1.86. The highest BCUT2D eigenvalue weighted by Gasteiger charge is 2.03. The molecule has 2 aromatic heterocycles. The number of aromatic nitrogens is 4. The van der Waals surface area contributed by atoms with Crippen LogP contribution in [0, 0.1) is 6.92 Å². The third-order valence-corrected chi connectivity index (χ3v) is 1.69. The van der Waals surface area contributed by atoms with Gasteiger partial charge in [0.1, 0.15) is 6.33 Å². The summed E-state index contributed by atoms with van der Waals surface area (Å²) in [6.07, 6.45) is 3.31. The van der Waals surface area contributed by atoms with Crippen molar-refractivity contribution in [2.75, 3.05) is 0 Å². The summed E-state index contributed by atoms with van der Waals surface area (Å²) in [6, 6.07) is 0. The highest BCUT2D eigenvalue weighted by Crippen LogP contribution is 2.11. The molecule has 0 amide bonds. The molecular weight excluding hydrogens is 154 g/mol. The van der Waals surface area contributed by atoms with Gasteiger partial charge in [-0.1, -0.05) is 0 Å². The van der Waals surface area contributed by atoms with Gasteiger partial charge < -0.3 is 6.15 Å². The Bertz CT molecular complexity index is 356. The van der Waals surface area contributed by atoms with Crippen molar-refractivity contribution in [2.45, 2.75) is 6.92 Å². The average molecular weight is 165 g/mol. The quantitative estimate of drug-likeness (QED) is 0.627. The molecule has 0 bridgehead atoms. The maximum atomic E-state index is 4.20. The molecule has 3 N–H and O–H groups in total. The van der Waals surface area contributed by atoms with Gasteiger partial charge in [0.15, 0.2) is 5.65 Å². The van der Waals surface area contributed by atoms with Gasteiger partial charge in [-0.25, -0.2) is 9.97 Å². The third-order valence-electron chi connectivity index (χ3n) is 1.69. The maximum Gasteiger partial charge on any atom is 0.161 e. The second kappa shape index (κ2) is 2.86. The molecule has 2 heterocycles. The first-order valence-electron chi connectivity index (χ1n) is 3.38. The Morgan fingerprint density at radius 2 is 2.17 bits per heavy atom. The smallest absolute Gasteiger partial charge is 0.161 e. The van der Waals surface area contributed by atoms with Crippen LogP contribution in [0.15, 0.2) is 12.5 Å². The molecule has 0 aliphatic heterocycles. The molecule has 0 saturated heterocycles. The SMILES string of the molecule is Cc1nn(C)c2ncncc12.N. The van der Waals surface area contributed by atoms with Crippen molar-refractivity contribution in [3.05, 3.63) is 18.2 Å². The second-order valence-corrected chi connectivity index (χ2v) is 2.47. The lowest BCUT2D eigenvalue weighted by Crippen LogP contribution is -1.91. The topological polar surface area (TPSA) is 78.6 Å². The van der Waals surface area contributed by atoms with E-state index in [1.54, 1.807) is 10.9 Å². The lowest BCUT2D eigenvalue weighted by atomic mass is 10.3. The van der Waals surface area contributed by atoms with Gasteiger partial charge in [-0.3, -0.25) is 4.68 Å². The van der Waals surface area contributed by atoms with E-state index in [2.05, 4.69) is 15.1 Å². The number of nitrogens with zero attached hydrogens (tertiary/aromatic N) is 4. The van der Waals surface area contributed by atoms with Gasteiger partial charge >= 0.3 is 0 Å². The van der Waals surface area contributed by atoms with Crippen LogP contribution in [0.25, 0.3) is 11.0 Å². The molecule has 5 heteroatoms. The molecule has 0 aliphatic carbocycles. The molecule has 0 aromatic carbocycles. The van der Waals surface area contributed by atoms with Crippen molar-refractivity contribution in [1.29, 1.82) is 0 Å². The number of aryl methyl sites for hydroxylation is 2. The van der Waals surface area contributed by atoms with E-state index in [9.17, 15) is 0 Å². The van der Waals surface area contributed by atoms with Gasteiger partial charge in [0.25, 0.3) is 0 Å². The Labute approximate surface area is 70.0 Å². The minimum absolute atomic E-state index is 0. The van der Waals surface area contributed by atoms with Crippen LogP contribution in [0.2, 0.25) is 0 Å². The highest BCUT2D eigenvalue weighted by molar-refractivity contribution is 5.76. The second-order valence-electron chi connectivity index (χ2n) is 2.47. The molecule has 2 aromatic rings. The number of rotatable bonds is 0. The van der Waals surface area contributed by atoms with E-state index in [1.807, 2.05) is 14.0 Å². The summed E-state index contributed by atoms with van der Waals surface area (Å²) in [5, 5.41) is 5.23. The first-order valence-corrected chi connectivity index (χ1v) is 3.38. The van der Waals surface area contributed by atoms with E-state index in [0.29, 0.717) is 0 Å². The van der Waals surface area contributed by atoms with Crippen molar-refractivity contribution in [3.8, 4) is 0 Å². The first kappa shape index (κ1) is 8.61. The zero-order valence-corrected chi connectivity index (χ0v) is 7.15. The lowest BCUT2D eigenvalue weighted by Gasteiger charge is -1.88. The fourth-order valence-corrected chi connectivity index (χ4v) is 1.16. The van der Waals surface area contributed by atoms with Crippen molar-refractivity contribution >= 4 is 11.0 Å². The average Bonchev–Trinajstić information content (AvgIpc) is 2.30. The Morgan fingerprint density at radius 3 is 2.83 bits per heavy atom. The van der Waals surface area contributed by atoms with Crippen LogP contribution < -0.4 is 6.15 Å². The largest absolute Gasteiger partial charge is 0.344 e. The molecule has 12 heavy (non-hydrogen) atoms. The summed E-state index contributed by atoms with van der Waals surface area (Å²) in [4.78, 5) is 8.01. The van der Waals surface area contributed by atoms with Crippen LogP contribution in [0.4, 0.5) is 0 Å². The van der Waals surface area contributed by atoms with Gasteiger partial charge in [0.2, 0.25) is 0 Å². The van der Waals surface area contributed by atoms with Gasteiger partial charge in [-0.05, 0) is 6.92 Å². The molecule has 5 nitrogen and oxygen atoms in total. The Kier molecular flexibility index (Phi) is 2.05. The van der Waals surface area contributed by atoms with Crippen LogP contribution in [-0.2, 0) is 7.05 Å². The molecule has 0 unspecified atom stereocenters. The Morgan fingerprint density at radius 1 is 1.42 bits per heavy atom. The molecule has 0 spiro atoms. The van der Waals surface area contributed by atoms with Crippen molar-refractivity contribution in [1.82, 2.24) is 25.9 Å². The fourth-order valence-electron chi connectivity index (χ4n) is 1.16. The minimum Gasteiger partial charge on any atom is -0.344 e. The molecule has 0 atom stereocenters. The zero-order chi connectivity index (χ0) is 7.84. The van der Waals surface area contributed by atoms with E-state index in [-0.39, 0.29) is 6.15 Å². The zero-order valence-electron chi connectivity index (χ0n) is 7.15. The van der Waals surface area contributed by atoms with Gasteiger partial charge in [-0.2, -0.15) is 5.10 Å². The molecule has 0 fully saturated rings. The number of fused-ring (bicyclic) bond motifs is 1. The summed E-state index contributed by atoms with van der Waals surface area (Å²) >= 11 is 0. The monoisotopic (exact) mass is 165 g/mol. The summed E-state index contributed by atoms with van der Waals surface area (Å²) in [6.45, 7) is 1.95. The van der Waals surface area contributed by atoms with Gasteiger partial charge in [0.05, 0.1) is 11.1 Å². The van der Waals surface area contributed by atoms with Crippen LogP contribution in [-0.4, -0.2) is 19.7 Å². The lowest BCUT2D eigenvalue weighted by molar-refractivity contribution is 0.773. The molecule has 0 saturated carbocycles. The molecule has 64 valence electrons. The first-order chi connectivity index (χ1) is 5.29. The molecule has 2 rings (SSSR count). The maximum absolute atomic E-state index is 4.20. The van der Waals surface area contributed by atoms with Crippen LogP contribution >= 0.6 is 0 Å². The van der Waals surface area contributed by atoms with Gasteiger partial charge in [-0.15, -0.1) is 0 Å². The highest BCUT2D eigenvalue weighted by atomic mass is 15.3. The number of hydrogen-bond acceptors (Lipinski definition) is 4. The van der Waals surface area contributed by atoms with Crippen LogP contribution in [0.3, 0.4) is 0 Å². The van der Waals surface area contributed by atoms with Crippen LogP contribution in [0.1, 0.15) is 5.69 Å². The van der Waals surface area contributed by atoms with Crippen molar-refractivity contribution < 1.29 is 0 Å². The standard InChI is InChI=1S/C7H8N4.H3N/c1-5-6-3-8-4-9-7(6)11(2)10-5;/h3-4H,1-2H3;1H3. The van der Waals surface area contributed by atoms with Gasteiger partial charge in [0, 0.05) is 13.2 Å². The number of hydrogen-bond donors (Lipinski definition) is 1. The minimum atomic E-state index is 0. The van der Waals surface area contributed by atoms with E-state index < -0.39 is 0 Å². The summed E-state index contributed by atoms with van der Waals surface area (Å²) in [5.74, 6) is 0. The summed E-state index contributed by atoms with van der Waals surface area (Å²) in [7, 11) is 1.88. The van der Waals surface area contributed by atoms with Crippen molar-refractivity contribution in [3.63, 3.8) is 0 Å². The van der Waals surface area contributed by atoms with Crippen molar-refractivity contribution in [2.24, 2.45) is 7.05 Å². The fraction of sp³-hybridized carbons (Fsp3) is 0.286. The normalized spacial score (nSPS) is 9.83. The Hall–Kier alpha value is -1.49. The molecule has 0 radical (unpaired) electrons.